The summed E-state index contributed by atoms with van der Waals surface area (Å²) in [6.07, 6.45) is 3.53. The van der Waals surface area contributed by atoms with Crippen molar-refractivity contribution in [1.82, 2.24) is 8.87 Å². The highest BCUT2D eigenvalue weighted by molar-refractivity contribution is 7.89. The van der Waals surface area contributed by atoms with E-state index in [0.29, 0.717) is 43.1 Å². The number of hydrogen-bond donors (Lipinski definition) is 1. The second-order valence-electron chi connectivity index (χ2n) is 8.31. The number of para-hydroxylation sites is 1. The maximum absolute atomic E-state index is 13.2. The van der Waals surface area contributed by atoms with E-state index in [9.17, 15) is 18.0 Å². The van der Waals surface area contributed by atoms with Crippen LogP contribution in [0.25, 0.3) is 22.6 Å². The summed E-state index contributed by atoms with van der Waals surface area (Å²) in [5, 5.41) is 0.859. The van der Waals surface area contributed by atoms with Crippen LogP contribution in [-0.4, -0.2) is 62.5 Å². The Morgan fingerprint density at radius 3 is 2.62 bits per heavy atom. The van der Waals surface area contributed by atoms with Crippen LogP contribution in [0.15, 0.2) is 53.6 Å². The van der Waals surface area contributed by atoms with Crippen LogP contribution in [0.5, 0.6) is 0 Å². The van der Waals surface area contributed by atoms with Gasteiger partial charge in [-0.3, -0.25) is 9.59 Å². The molecule has 0 unspecified atom stereocenters. The number of nitrogens with two attached hydrogens (primary N) is 1. The molecule has 0 saturated carbocycles. The number of aromatic nitrogens is 1. The van der Waals surface area contributed by atoms with Gasteiger partial charge in [-0.25, -0.2) is 8.42 Å². The lowest BCUT2D eigenvalue weighted by molar-refractivity contribution is -0.118. The van der Waals surface area contributed by atoms with Gasteiger partial charge in [0, 0.05) is 53.9 Å². The van der Waals surface area contributed by atoms with Crippen molar-refractivity contribution in [2.24, 2.45) is 5.73 Å². The van der Waals surface area contributed by atoms with E-state index < -0.39 is 15.9 Å². The van der Waals surface area contributed by atoms with E-state index in [1.165, 1.54) is 15.3 Å². The molecule has 9 nitrogen and oxygen atoms in total. The van der Waals surface area contributed by atoms with E-state index in [1.54, 1.807) is 36.0 Å². The second-order valence-corrected chi connectivity index (χ2v) is 10.3. The van der Waals surface area contributed by atoms with Crippen LogP contribution in [0.4, 0.5) is 5.69 Å². The monoisotopic (exact) mass is 480 g/mol. The molecule has 176 valence electrons. The first-order chi connectivity index (χ1) is 16.3. The van der Waals surface area contributed by atoms with Crippen molar-refractivity contribution in [1.29, 1.82) is 0 Å². The number of benzene rings is 2. The van der Waals surface area contributed by atoms with Crippen molar-refractivity contribution >= 4 is 50.1 Å². The van der Waals surface area contributed by atoms with Crippen LogP contribution in [0.1, 0.15) is 11.1 Å². The highest BCUT2D eigenvalue weighted by atomic mass is 32.2. The summed E-state index contributed by atoms with van der Waals surface area (Å²) in [5.41, 5.74) is 8.53. The third-order valence-corrected chi connectivity index (χ3v) is 8.10. The van der Waals surface area contributed by atoms with Gasteiger partial charge >= 0.3 is 0 Å². The molecular formula is C24H24N4O5S. The smallest absolute Gasteiger partial charge is 0.258 e. The van der Waals surface area contributed by atoms with Crippen molar-refractivity contribution < 1.29 is 22.7 Å². The highest BCUT2D eigenvalue weighted by Crippen LogP contribution is 2.39. The van der Waals surface area contributed by atoms with Crippen LogP contribution < -0.4 is 10.6 Å². The number of fused-ring (bicyclic) bond motifs is 2. The number of carbonyl (C=O) groups excluding carboxylic acids is 2. The number of ether oxygens (including phenoxy) is 1. The van der Waals surface area contributed by atoms with Crippen molar-refractivity contribution in [2.45, 2.75) is 11.4 Å². The SMILES string of the molecule is CN1C(=O)C(=Cc2cn(CC(N)=O)c3ccccc23)c2cc(S(=O)(=O)N3CCOCC3)ccc21. The molecule has 0 atom stereocenters. The van der Waals surface area contributed by atoms with Gasteiger partial charge in [-0.05, 0) is 30.3 Å². The van der Waals surface area contributed by atoms with Crippen LogP contribution in [0.3, 0.4) is 0 Å². The average molecular weight is 481 g/mol. The minimum absolute atomic E-state index is 0.00998. The maximum atomic E-state index is 13.2. The molecule has 2 aliphatic rings. The van der Waals surface area contributed by atoms with Gasteiger partial charge in [-0.15, -0.1) is 0 Å². The van der Waals surface area contributed by atoms with Crippen molar-refractivity contribution in [3.63, 3.8) is 0 Å². The number of carbonyl (C=O) groups is 2. The number of morpholine rings is 1. The number of anilines is 1. The first-order valence-corrected chi connectivity index (χ1v) is 12.3. The Bertz CT molecular complexity index is 1450. The number of hydrogen-bond acceptors (Lipinski definition) is 5. The van der Waals surface area contributed by atoms with Gasteiger partial charge in [0.05, 0.1) is 23.8 Å². The Morgan fingerprint density at radius 1 is 1.15 bits per heavy atom. The third kappa shape index (κ3) is 3.69. The molecular weight excluding hydrogens is 456 g/mol. The molecule has 1 fully saturated rings. The number of rotatable bonds is 5. The molecule has 1 saturated heterocycles. The first-order valence-electron chi connectivity index (χ1n) is 10.9. The number of likely N-dealkylation sites (N-methyl/N-ethyl adjacent to an activating group) is 1. The average Bonchev–Trinajstić information content (AvgIpc) is 3.29. The molecule has 0 spiro atoms. The zero-order valence-electron chi connectivity index (χ0n) is 18.6. The van der Waals surface area contributed by atoms with Crippen LogP contribution in [-0.2, 0) is 30.9 Å². The van der Waals surface area contributed by atoms with Crippen LogP contribution in [0.2, 0.25) is 0 Å². The molecule has 5 rings (SSSR count). The quantitative estimate of drug-likeness (QED) is 0.558. The topological polar surface area (TPSA) is 115 Å². The summed E-state index contributed by atoms with van der Waals surface area (Å²) in [6, 6.07) is 12.3. The van der Waals surface area contributed by atoms with Gasteiger partial charge in [0.25, 0.3) is 5.91 Å². The number of primary amides is 1. The zero-order chi connectivity index (χ0) is 24.0. The van der Waals surface area contributed by atoms with E-state index >= 15 is 0 Å². The molecule has 2 aromatic carbocycles. The number of sulfonamides is 1. The van der Waals surface area contributed by atoms with Crippen LogP contribution >= 0.6 is 0 Å². The summed E-state index contributed by atoms with van der Waals surface area (Å²) >= 11 is 0. The minimum Gasteiger partial charge on any atom is -0.379 e. The predicted molar refractivity (Wildman–Crippen MR) is 128 cm³/mol. The van der Waals surface area contributed by atoms with E-state index in [-0.39, 0.29) is 17.3 Å². The lowest BCUT2D eigenvalue weighted by Gasteiger charge is -2.26. The van der Waals surface area contributed by atoms with Gasteiger partial charge in [0.15, 0.2) is 0 Å². The molecule has 2 amide bonds. The van der Waals surface area contributed by atoms with E-state index in [4.69, 9.17) is 10.5 Å². The van der Waals surface area contributed by atoms with Gasteiger partial charge < -0.3 is 19.9 Å². The summed E-state index contributed by atoms with van der Waals surface area (Å²) < 4.78 is 34.8. The lowest BCUT2D eigenvalue weighted by atomic mass is 10.0. The Hall–Kier alpha value is -3.47. The highest BCUT2D eigenvalue weighted by Gasteiger charge is 2.33. The van der Waals surface area contributed by atoms with Gasteiger partial charge in [-0.1, -0.05) is 18.2 Å². The molecule has 1 aromatic heterocycles. The summed E-state index contributed by atoms with van der Waals surface area (Å²) in [4.78, 5) is 26.3. The van der Waals surface area contributed by atoms with Gasteiger partial charge in [0.1, 0.15) is 6.54 Å². The Labute approximate surface area is 197 Å². The number of nitrogens with zero attached hydrogens (tertiary/aromatic N) is 3. The summed E-state index contributed by atoms with van der Waals surface area (Å²) in [6.45, 7) is 1.30. The third-order valence-electron chi connectivity index (χ3n) is 6.21. The molecule has 3 heterocycles. The molecule has 0 aliphatic carbocycles. The fraction of sp³-hybridized carbons (Fsp3) is 0.250. The van der Waals surface area contributed by atoms with Gasteiger partial charge in [-0.2, -0.15) is 4.31 Å². The Balaban J connectivity index is 1.62. The second kappa shape index (κ2) is 8.39. The largest absolute Gasteiger partial charge is 0.379 e. The summed E-state index contributed by atoms with van der Waals surface area (Å²) in [7, 11) is -2.06. The number of amides is 2. The van der Waals surface area contributed by atoms with Crippen molar-refractivity contribution in [2.75, 3.05) is 38.3 Å². The lowest BCUT2D eigenvalue weighted by Crippen LogP contribution is -2.40. The summed E-state index contributed by atoms with van der Waals surface area (Å²) in [5.74, 6) is -0.706. The molecule has 2 N–H and O–H groups in total. The van der Waals surface area contributed by atoms with E-state index in [0.717, 1.165) is 16.5 Å². The first kappa shape index (κ1) is 22.3. The molecule has 3 aromatic rings. The predicted octanol–water partition coefficient (Wildman–Crippen LogP) is 1.66. The maximum Gasteiger partial charge on any atom is 0.258 e. The normalized spacial score (nSPS) is 18.1. The fourth-order valence-corrected chi connectivity index (χ4v) is 5.94. The fourth-order valence-electron chi connectivity index (χ4n) is 4.51. The van der Waals surface area contributed by atoms with Gasteiger partial charge in [0.2, 0.25) is 15.9 Å². The molecule has 2 aliphatic heterocycles. The molecule has 10 heteroatoms. The molecule has 0 bridgehead atoms. The minimum atomic E-state index is -3.72. The van der Waals surface area contributed by atoms with Crippen molar-refractivity contribution in [3.05, 3.63) is 59.8 Å². The zero-order valence-corrected chi connectivity index (χ0v) is 19.4. The molecule has 34 heavy (non-hydrogen) atoms. The molecule has 0 radical (unpaired) electrons. The Kier molecular flexibility index (Phi) is 5.51. The standard InChI is InChI=1S/C24H24N4O5S/c1-26-21-7-6-17(34(31,32)28-8-10-33-11-9-28)13-19(21)20(24(26)30)12-16-14-27(15-23(25)29)22-5-3-2-4-18(16)22/h2-7,12-14H,8-11,15H2,1H3,(H2,25,29). The van der Waals surface area contributed by atoms with Crippen molar-refractivity contribution in [3.8, 4) is 0 Å². The van der Waals surface area contributed by atoms with Crippen LogP contribution in [0, 0.1) is 0 Å². The Morgan fingerprint density at radius 2 is 1.88 bits per heavy atom. The van der Waals surface area contributed by atoms with E-state index in [2.05, 4.69) is 0 Å². The van der Waals surface area contributed by atoms with E-state index in [1.807, 2.05) is 24.3 Å².